The molecule has 3 N–H and O–H groups in total. The zero-order chi connectivity index (χ0) is 10.7. The van der Waals surface area contributed by atoms with Crippen LogP contribution in [-0.4, -0.2) is 20.9 Å². The quantitative estimate of drug-likeness (QED) is 0.740. The highest BCUT2D eigenvalue weighted by atomic mass is 16.4. The van der Waals surface area contributed by atoms with E-state index >= 15 is 0 Å². The molecule has 0 spiro atoms. The van der Waals surface area contributed by atoms with E-state index in [1.165, 1.54) is 0 Å². The lowest BCUT2D eigenvalue weighted by Gasteiger charge is -2.11. The molecule has 0 radical (unpaired) electrons. The van der Waals surface area contributed by atoms with Crippen LogP contribution in [0.3, 0.4) is 0 Å². The third-order valence-corrected chi connectivity index (χ3v) is 2.20. The van der Waals surface area contributed by atoms with E-state index in [9.17, 15) is 4.79 Å². The van der Waals surface area contributed by atoms with Gasteiger partial charge in [-0.15, -0.1) is 0 Å². The van der Waals surface area contributed by atoms with Crippen molar-refractivity contribution in [3.63, 3.8) is 0 Å². The Morgan fingerprint density at radius 3 is 2.86 bits per heavy atom. The predicted octanol–water partition coefficient (Wildman–Crippen LogP) is 0.593. The molecule has 0 saturated carbocycles. The van der Waals surface area contributed by atoms with Gasteiger partial charge in [0.05, 0.1) is 11.9 Å². The fourth-order valence-electron chi connectivity index (χ4n) is 1.50. The van der Waals surface area contributed by atoms with Crippen molar-refractivity contribution in [2.24, 2.45) is 12.8 Å². The number of hydrogen-bond acceptors (Lipinski definition) is 3. The first-order chi connectivity index (χ1) is 6.52. The topological polar surface area (TPSA) is 81.1 Å². The van der Waals surface area contributed by atoms with Crippen LogP contribution in [0.1, 0.15) is 30.1 Å². The van der Waals surface area contributed by atoms with Crippen molar-refractivity contribution in [3.8, 4) is 0 Å². The molecule has 0 bridgehead atoms. The number of carbonyl (C=O) groups is 1. The van der Waals surface area contributed by atoms with Gasteiger partial charge in [0.25, 0.3) is 0 Å². The number of nitrogens with two attached hydrogens (primary N) is 1. The molecule has 0 aromatic carbocycles. The number of carboxylic acids is 1. The first-order valence-corrected chi connectivity index (χ1v) is 4.48. The standard InChI is InChI=1S/C9H15N3O2/c1-6-5-11-12(2)9(6)7(10)3-4-8(13)14/h5,7H,3-4,10H2,1-2H3,(H,13,14). The van der Waals surface area contributed by atoms with E-state index in [0.717, 1.165) is 11.3 Å². The van der Waals surface area contributed by atoms with E-state index in [-0.39, 0.29) is 12.5 Å². The average molecular weight is 197 g/mol. The van der Waals surface area contributed by atoms with Gasteiger partial charge >= 0.3 is 5.97 Å². The van der Waals surface area contributed by atoms with Gasteiger partial charge in [0, 0.05) is 19.5 Å². The van der Waals surface area contributed by atoms with E-state index in [2.05, 4.69) is 5.10 Å². The Hall–Kier alpha value is -1.36. The van der Waals surface area contributed by atoms with Gasteiger partial charge in [0.1, 0.15) is 0 Å². The molecular formula is C9H15N3O2. The Kier molecular flexibility index (Phi) is 3.24. The average Bonchev–Trinajstić information content (AvgIpc) is 2.42. The zero-order valence-electron chi connectivity index (χ0n) is 8.40. The minimum Gasteiger partial charge on any atom is -0.481 e. The van der Waals surface area contributed by atoms with Gasteiger partial charge in [-0.1, -0.05) is 0 Å². The van der Waals surface area contributed by atoms with E-state index in [1.54, 1.807) is 10.9 Å². The van der Waals surface area contributed by atoms with Crippen LogP contribution in [0.25, 0.3) is 0 Å². The number of rotatable bonds is 4. The van der Waals surface area contributed by atoms with E-state index in [4.69, 9.17) is 10.8 Å². The summed E-state index contributed by atoms with van der Waals surface area (Å²) in [6.07, 6.45) is 2.26. The molecule has 0 aliphatic rings. The summed E-state index contributed by atoms with van der Waals surface area (Å²) in [6, 6.07) is -0.251. The van der Waals surface area contributed by atoms with E-state index in [1.807, 2.05) is 14.0 Å². The minimum absolute atomic E-state index is 0.0891. The lowest BCUT2D eigenvalue weighted by molar-refractivity contribution is -0.137. The maximum absolute atomic E-state index is 10.4. The first kappa shape index (κ1) is 10.7. The number of nitrogens with zero attached hydrogens (tertiary/aromatic N) is 2. The van der Waals surface area contributed by atoms with Crippen LogP contribution in [-0.2, 0) is 11.8 Å². The molecule has 78 valence electrons. The maximum atomic E-state index is 10.4. The molecule has 0 fully saturated rings. The van der Waals surface area contributed by atoms with Crippen molar-refractivity contribution in [1.29, 1.82) is 0 Å². The SMILES string of the molecule is Cc1cnn(C)c1C(N)CCC(=O)O. The molecule has 1 unspecified atom stereocenters. The third kappa shape index (κ3) is 2.32. The van der Waals surface area contributed by atoms with Crippen molar-refractivity contribution in [3.05, 3.63) is 17.5 Å². The van der Waals surface area contributed by atoms with Gasteiger partial charge in [-0.3, -0.25) is 9.48 Å². The number of aliphatic carboxylic acids is 1. The summed E-state index contributed by atoms with van der Waals surface area (Å²) in [5, 5.41) is 12.6. The van der Waals surface area contributed by atoms with Crippen molar-refractivity contribution >= 4 is 5.97 Å². The number of aryl methyl sites for hydroxylation is 2. The van der Waals surface area contributed by atoms with Gasteiger partial charge < -0.3 is 10.8 Å². The van der Waals surface area contributed by atoms with Gasteiger partial charge in [-0.2, -0.15) is 5.10 Å². The summed E-state index contributed by atoms with van der Waals surface area (Å²) in [6.45, 7) is 1.92. The molecule has 1 rings (SSSR count). The second-order valence-electron chi connectivity index (χ2n) is 3.38. The fraction of sp³-hybridized carbons (Fsp3) is 0.556. The van der Waals surface area contributed by atoms with Crippen LogP contribution in [0, 0.1) is 6.92 Å². The maximum Gasteiger partial charge on any atom is 0.303 e. The van der Waals surface area contributed by atoms with Gasteiger partial charge in [-0.25, -0.2) is 0 Å². The molecular weight excluding hydrogens is 182 g/mol. The first-order valence-electron chi connectivity index (χ1n) is 4.48. The zero-order valence-corrected chi connectivity index (χ0v) is 8.40. The van der Waals surface area contributed by atoms with Gasteiger partial charge in [0.2, 0.25) is 0 Å². The largest absolute Gasteiger partial charge is 0.481 e. The molecule has 5 heteroatoms. The molecule has 0 aliphatic heterocycles. The number of aromatic nitrogens is 2. The Balaban J connectivity index is 2.69. The molecule has 14 heavy (non-hydrogen) atoms. The second-order valence-corrected chi connectivity index (χ2v) is 3.38. The summed E-state index contributed by atoms with van der Waals surface area (Å²) in [7, 11) is 1.81. The fourth-order valence-corrected chi connectivity index (χ4v) is 1.50. The van der Waals surface area contributed by atoms with Crippen LogP contribution < -0.4 is 5.73 Å². The van der Waals surface area contributed by atoms with E-state index < -0.39 is 5.97 Å². The Morgan fingerprint density at radius 2 is 2.43 bits per heavy atom. The Bertz CT molecular complexity index is 313. The Morgan fingerprint density at radius 1 is 1.79 bits per heavy atom. The van der Waals surface area contributed by atoms with Crippen LogP contribution in [0.4, 0.5) is 0 Å². The molecule has 0 amide bonds. The summed E-state index contributed by atoms with van der Waals surface area (Å²) in [5.41, 5.74) is 7.78. The van der Waals surface area contributed by atoms with E-state index in [0.29, 0.717) is 6.42 Å². The van der Waals surface area contributed by atoms with Crippen molar-refractivity contribution in [1.82, 2.24) is 9.78 Å². The Labute approximate surface area is 82.5 Å². The number of hydrogen-bond donors (Lipinski definition) is 2. The predicted molar refractivity (Wildman–Crippen MR) is 51.7 cm³/mol. The van der Waals surface area contributed by atoms with Crippen LogP contribution in [0.2, 0.25) is 0 Å². The summed E-state index contributed by atoms with van der Waals surface area (Å²) in [4.78, 5) is 10.4. The highest BCUT2D eigenvalue weighted by Crippen LogP contribution is 2.18. The molecule has 0 saturated heterocycles. The second kappa shape index (κ2) is 4.23. The van der Waals surface area contributed by atoms with Gasteiger partial charge in [-0.05, 0) is 18.9 Å². The molecule has 5 nitrogen and oxygen atoms in total. The highest BCUT2D eigenvalue weighted by Gasteiger charge is 2.14. The van der Waals surface area contributed by atoms with Crippen LogP contribution in [0.15, 0.2) is 6.20 Å². The number of carboxylic acid groups (broad SMARTS) is 1. The van der Waals surface area contributed by atoms with Crippen molar-refractivity contribution in [2.45, 2.75) is 25.8 Å². The lowest BCUT2D eigenvalue weighted by Crippen LogP contribution is -2.17. The van der Waals surface area contributed by atoms with Gasteiger partial charge in [0.15, 0.2) is 0 Å². The monoisotopic (exact) mass is 197 g/mol. The third-order valence-electron chi connectivity index (χ3n) is 2.20. The summed E-state index contributed by atoms with van der Waals surface area (Å²) >= 11 is 0. The van der Waals surface area contributed by atoms with Crippen LogP contribution in [0.5, 0.6) is 0 Å². The summed E-state index contributed by atoms with van der Waals surface area (Å²) in [5.74, 6) is -0.819. The smallest absolute Gasteiger partial charge is 0.303 e. The lowest BCUT2D eigenvalue weighted by atomic mass is 10.1. The molecule has 1 heterocycles. The minimum atomic E-state index is -0.819. The normalized spacial score (nSPS) is 12.8. The van der Waals surface area contributed by atoms with Crippen molar-refractivity contribution in [2.75, 3.05) is 0 Å². The molecule has 0 aliphatic carbocycles. The van der Waals surface area contributed by atoms with Crippen LogP contribution >= 0.6 is 0 Å². The highest BCUT2D eigenvalue weighted by molar-refractivity contribution is 5.66. The molecule has 1 atom stereocenters. The van der Waals surface area contributed by atoms with Crippen molar-refractivity contribution < 1.29 is 9.90 Å². The summed E-state index contributed by atoms with van der Waals surface area (Å²) < 4.78 is 1.70. The molecule has 1 aromatic heterocycles. The molecule has 1 aromatic rings.